The fraction of sp³-hybridized carbons (Fsp3) is 0.571. The molecule has 96 valence electrons. The lowest BCUT2D eigenvalue weighted by Gasteiger charge is -2.15. The molecule has 0 spiro atoms. The zero-order valence-corrected chi connectivity index (χ0v) is 10.9. The van der Waals surface area contributed by atoms with Crippen molar-refractivity contribution in [3.05, 3.63) is 35.4 Å². The van der Waals surface area contributed by atoms with Gasteiger partial charge in [0.15, 0.2) is 0 Å². The molecule has 0 radical (unpaired) electrons. The van der Waals surface area contributed by atoms with Crippen molar-refractivity contribution in [2.24, 2.45) is 0 Å². The van der Waals surface area contributed by atoms with E-state index in [9.17, 15) is 0 Å². The highest BCUT2D eigenvalue weighted by Gasteiger charge is 2.06. The van der Waals surface area contributed by atoms with E-state index in [1.807, 2.05) is 0 Å². The average Bonchev–Trinajstić information content (AvgIpc) is 2.35. The maximum Gasteiger partial charge on any atom is 0.0638 e. The van der Waals surface area contributed by atoms with Gasteiger partial charge >= 0.3 is 0 Å². The van der Waals surface area contributed by atoms with Crippen molar-refractivity contribution in [2.45, 2.75) is 32.4 Å². The molecule has 0 aliphatic carbocycles. The van der Waals surface area contributed by atoms with Gasteiger partial charge in [-0.15, -0.1) is 0 Å². The zero-order valence-electron chi connectivity index (χ0n) is 10.9. The van der Waals surface area contributed by atoms with Gasteiger partial charge in [-0.2, -0.15) is 0 Å². The Hall–Kier alpha value is -0.900. The van der Waals surface area contributed by atoms with Gasteiger partial charge in [-0.05, 0) is 17.0 Å². The fourth-order valence-corrected chi connectivity index (χ4v) is 1.66. The Morgan fingerprint density at radius 2 is 1.88 bits per heavy atom. The smallest absolute Gasteiger partial charge is 0.0638 e. The fourth-order valence-electron chi connectivity index (χ4n) is 1.66. The quantitative estimate of drug-likeness (QED) is 0.761. The summed E-state index contributed by atoms with van der Waals surface area (Å²) in [4.78, 5) is 0. The number of hydrogen-bond donors (Lipinski definition) is 2. The third-order valence-corrected chi connectivity index (χ3v) is 2.83. The monoisotopic (exact) mass is 237 g/mol. The molecule has 0 heterocycles. The van der Waals surface area contributed by atoms with E-state index in [0.717, 1.165) is 6.54 Å². The molecule has 1 aromatic rings. The second-order valence-electron chi connectivity index (χ2n) is 4.61. The summed E-state index contributed by atoms with van der Waals surface area (Å²) in [6, 6.07) is 8.58. The SMILES string of the molecule is COCC(CO)NCc1ccc(C(C)C)cc1. The Bertz CT molecular complexity index is 309. The minimum Gasteiger partial charge on any atom is -0.395 e. The van der Waals surface area contributed by atoms with E-state index in [2.05, 4.69) is 43.4 Å². The lowest BCUT2D eigenvalue weighted by molar-refractivity contribution is 0.128. The third-order valence-electron chi connectivity index (χ3n) is 2.83. The summed E-state index contributed by atoms with van der Waals surface area (Å²) < 4.78 is 5.01. The van der Waals surface area contributed by atoms with E-state index in [4.69, 9.17) is 9.84 Å². The summed E-state index contributed by atoms with van der Waals surface area (Å²) in [5.41, 5.74) is 2.58. The summed E-state index contributed by atoms with van der Waals surface area (Å²) in [6.07, 6.45) is 0. The number of methoxy groups -OCH3 is 1. The maximum atomic E-state index is 9.11. The molecule has 0 aliphatic heterocycles. The highest BCUT2D eigenvalue weighted by molar-refractivity contribution is 5.24. The van der Waals surface area contributed by atoms with Crippen LogP contribution in [-0.4, -0.2) is 31.5 Å². The Morgan fingerprint density at radius 3 is 2.35 bits per heavy atom. The second-order valence-corrected chi connectivity index (χ2v) is 4.61. The number of rotatable bonds is 7. The first kappa shape index (κ1) is 14.2. The normalized spacial score (nSPS) is 13.0. The Kier molecular flexibility index (Phi) is 6.19. The van der Waals surface area contributed by atoms with Crippen LogP contribution in [0.25, 0.3) is 0 Å². The Balaban J connectivity index is 2.46. The van der Waals surface area contributed by atoms with Crippen molar-refractivity contribution in [1.29, 1.82) is 0 Å². The number of nitrogens with one attached hydrogen (secondary N) is 1. The Morgan fingerprint density at radius 1 is 1.24 bits per heavy atom. The largest absolute Gasteiger partial charge is 0.395 e. The predicted molar refractivity (Wildman–Crippen MR) is 70.1 cm³/mol. The van der Waals surface area contributed by atoms with Crippen molar-refractivity contribution >= 4 is 0 Å². The molecule has 17 heavy (non-hydrogen) atoms. The first-order valence-electron chi connectivity index (χ1n) is 6.09. The standard InChI is InChI=1S/C14H23NO2/c1-11(2)13-6-4-12(5-7-13)8-15-14(9-16)10-17-3/h4-7,11,14-16H,8-10H2,1-3H3. The van der Waals surface area contributed by atoms with Crippen molar-refractivity contribution < 1.29 is 9.84 Å². The van der Waals surface area contributed by atoms with Crippen LogP contribution in [0.1, 0.15) is 30.9 Å². The summed E-state index contributed by atoms with van der Waals surface area (Å²) in [6.45, 7) is 5.76. The van der Waals surface area contributed by atoms with Crippen LogP contribution in [0.5, 0.6) is 0 Å². The van der Waals surface area contributed by atoms with Crippen LogP contribution in [0.2, 0.25) is 0 Å². The van der Waals surface area contributed by atoms with Gasteiger partial charge < -0.3 is 15.2 Å². The molecule has 1 aromatic carbocycles. The highest BCUT2D eigenvalue weighted by Crippen LogP contribution is 2.14. The van der Waals surface area contributed by atoms with E-state index >= 15 is 0 Å². The summed E-state index contributed by atoms with van der Waals surface area (Å²) in [5.74, 6) is 0.565. The van der Waals surface area contributed by atoms with Gasteiger partial charge in [0.2, 0.25) is 0 Å². The first-order chi connectivity index (χ1) is 8.17. The molecule has 0 aliphatic rings. The van der Waals surface area contributed by atoms with Gasteiger partial charge in [-0.3, -0.25) is 0 Å². The molecule has 3 nitrogen and oxygen atoms in total. The minimum absolute atomic E-state index is 0.00442. The molecule has 0 aromatic heterocycles. The van der Waals surface area contributed by atoms with Crippen LogP contribution in [0.4, 0.5) is 0 Å². The van der Waals surface area contributed by atoms with Crippen LogP contribution >= 0.6 is 0 Å². The molecule has 2 N–H and O–H groups in total. The van der Waals surface area contributed by atoms with Crippen LogP contribution in [0.3, 0.4) is 0 Å². The molecule has 0 saturated carbocycles. The molecule has 1 rings (SSSR count). The zero-order chi connectivity index (χ0) is 12.7. The number of ether oxygens (including phenoxy) is 1. The number of aliphatic hydroxyl groups is 1. The lowest BCUT2D eigenvalue weighted by atomic mass is 10.0. The van der Waals surface area contributed by atoms with Crippen molar-refractivity contribution in [3.8, 4) is 0 Å². The molecule has 0 amide bonds. The molecular weight excluding hydrogens is 214 g/mol. The minimum atomic E-state index is 0.00442. The molecular formula is C14H23NO2. The van der Waals surface area contributed by atoms with Gasteiger partial charge in [0.1, 0.15) is 0 Å². The highest BCUT2D eigenvalue weighted by atomic mass is 16.5. The molecule has 3 heteroatoms. The lowest BCUT2D eigenvalue weighted by Crippen LogP contribution is -2.35. The molecule has 0 fully saturated rings. The van der Waals surface area contributed by atoms with Gasteiger partial charge in [0, 0.05) is 13.7 Å². The second kappa shape index (κ2) is 7.43. The summed E-state index contributed by atoms with van der Waals surface area (Å²) in [5, 5.41) is 12.4. The van der Waals surface area contributed by atoms with Crippen LogP contribution < -0.4 is 5.32 Å². The first-order valence-corrected chi connectivity index (χ1v) is 6.09. The Labute approximate surface area is 104 Å². The number of benzene rings is 1. The van der Waals surface area contributed by atoms with Gasteiger partial charge in [0.25, 0.3) is 0 Å². The van der Waals surface area contributed by atoms with Crippen molar-refractivity contribution in [1.82, 2.24) is 5.32 Å². The molecule has 1 unspecified atom stereocenters. The number of hydrogen-bond acceptors (Lipinski definition) is 3. The van der Waals surface area contributed by atoms with E-state index in [0.29, 0.717) is 12.5 Å². The summed E-state index contributed by atoms with van der Waals surface area (Å²) >= 11 is 0. The topological polar surface area (TPSA) is 41.5 Å². The van der Waals surface area contributed by atoms with E-state index in [-0.39, 0.29) is 12.6 Å². The van der Waals surface area contributed by atoms with Gasteiger partial charge in [-0.25, -0.2) is 0 Å². The van der Waals surface area contributed by atoms with Crippen LogP contribution in [0, 0.1) is 0 Å². The predicted octanol–water partition coefficient (Wildman–Crippen LogP) is 1.91. The van der Waals surface area contributed by atoms with Crippen molar-refractivity contribution in [2.75, 3.05) is 20.3 Å². The van der Waals surface area contributed by atoms with Crippen LogP contribution in [-0.2, 0) is 11.3 Å². The molecule has 0 saturated heterocycles. The van der Waals surface area contributed by atoms with Gasteiger partial charge in [0.05, 0.1) is 19.3 Å². The van der Waals surface area contributed by atoms with Crippen LogP contribution in [0.15, 0.2) is 24.3 Å². The van der Waals surface area contributed by atoms with E-state index < -0.39 is 0 Å². The number of aliphatic hydroxyl groups excluding tert-OH is 1. The van der Waals surface area contributed by atoms with Crippen molar-refractivity contribution in [3.63, 3.8) is 0 Å². The summed E-state index contributed by atoms with van der Waals surface area (Å²) in [7, 11) is 1.64. The molecule has 0 bridgehead atoms. The molecule has 1 atom stereocenters. The average molecular weight is 237 g/mol. The van der Waals surface area contributed by atoms with Gasteiger partial charge in [-0.1, -0.05) is 38.1 Å². The maximum absolute atomic E-state index is 9.11. The van der Waals surface area contributed by atoms with E-state index in [1.54, 1.807) is 7.11 Å². The third kappa shape index (κ3) is 4.86. The van der Waals surface area contributed by atoms with E-state index in [1.165, 1.54) is 11.1 Å².